The maximum atomic E-state index is 12.1. The Morgan fingerprint density at radius 3 is 2.52 bits per heavy atom. The van der Waals surface area contributed by atoms with E-state index >= 15 is 0 Å². The van der Waals surface area contributed by atoms with Gasteiger partial charge < -0.3 is 4.52 Å². The van der Waals surface area contributed by atoms with Crippen molar-refractivity contribution in [2.45, 2.75) is 20.3 Å². The molecule has 2 amide bonds. The van der Waals surface area contributed by atoms with E-state index in [0.29, 0.717) is 10.6 Å². The number of nitrogens with zero attached hydrogens (tertiary/aromatic N) is 1. The zero-order valence-electron chi connectivity index (χ0n) is 13.8. The molecule has 2 aromatic heterocycles. The van der Waals surface area contributed by atoms with Crippen LogP contribution in [0.1, 0.15) is 37.6 Å². The van der Waals surface area contributed by atoms with Crippen LogP contribution in [0, 0.1) is 6.92 Å². The molecule has 0 radical (unpaired) electrons. The molecule has 3 rings (SSSR count). The predicted molar refractivity (Wildman–Crippen MR) is 95.3 cm³/mol. The van der Waals surface area contributed by atoms with Crippen LogP contribution in [0.5, 0.6) is 0 Å². The number of hydrogen-bond acceptors (Lipinski definition) is 5. The Morgan fingerprint density at radius 1 is 1.12 bits per heavy atom. The first-order valence-corrected chi connectivity index (χ1v) is 8.62. The number of hydrogen-bond donors (Lipinski definition) is 2. The van der Waals surface area contributed by atoms with Crippen molar-refractivity contribution >= 4 is 23.2 Å². The first kappa shape index (κ1) is 16.9. The average molecular weight is 355 g/mol. The van der Waals surface area contributed by atoms with Crippen molar-refractivity contribution in [1.82, 2.24) is 16.0 Å². The summed E-state index contributed by atoms with van der Waals surface area (Å²) in [4.78, 5) is 25.9. The van der Waals surface area contributed by atoms with Gasteiger partial charge in [0.1, 0.15) is 5.69 Å². The average Bonchev–Trinajstić information content (AvgIpc) is 3.27. The SMILES string of the molecule is CCc1sc(C(=O)NNC(=O)c2cc(-c3ccccc3)no2)cc1C. The molecule has 0 atom stereocenters. The van der Waals surface area contributed by atoms with Gasteiger partial charge in [0.2, 0.25) is 5.76 Å². The summed E-state index contributed by atoms with van der Waals surface area (Å²) in [6.45, 7) is 4.00. The van der Waals surface area contributed by atoms with Crippen LogP contribution in [0.15, 0.2) is 47.0 Å². The molecule has 0 fully saturated rings. The van der Waals surface area contributed by atoms with Crippen molar-refractivity contribution in [3.05, 3.63) is 63.5 Å². The molecule has 2 N–H and O–H groups in total. The van der Waals surface area contributed by atoms with Gasteiger partial charge in [0.05, 0.1) is 4.88 Å². The molecular weight excluding hydrogens is 338 g/mol. The number of hydrazine groups is 1. The van der Waals surface area contributed by atoms with E-state index in [1.54, 1.807) is 0 Å². The van der Waals surface area contributed by atoms with Crippen molar-refractivity contribution in [1.29, 1.82) is 0 Å². The number of carbonyl (C=O) groups excluding carboxylic acids is 2. The lowest BCUT2D eigenvalue weighted by Gasteiger charge is -2.03. The van der Waals surface area contributed by atoms with Gasteiger partial charge in [-0.1, -0.05) is 42.4 Å². The Kier molecular flexibility index (Phi) is 4.95. The topological polar surface area (TPSA) is 84.2 Å². The fourth-order valence-electron chi connectivity index (χ4n) is 2.35. The second-order valence-electron chi connectivity index (χ2n) is 5.42. The van der Waals surface area contributed by atoms with Crippen LogP contribution in [0.2, 0.25) is 0 Å². The molecule has 0 unspecified atom stereocenters. The summed E-state index contributed by atoms with van der Waals surface area (Å²) >= 11 is 1.42. The minimum absolute atomic E-state index is 0.0239. The predicted octanol–water partition coefficient (Wildman–Crippen LogP) is 3.35. The van der Waals surface area contributed by atoms with Gasteiger partial charge in [0.15, 0.2) is 0 Å². The fourth-order valence-corrected chi connectivity index (χ4v) is 3.36. The highest BCUT2D eigenvalue weighted by Crippen LogP contribution is 2.22. The molecule has 3 aromatic rings. The molecule has 7 heteroatoms. The van der Waals surface area contributed by atoms with E-state index < -0.39 is 5.91 Å². The maximum absolute atomic E-state index is 12.1. The monoisotopic (exact) mass is 355 g/mol. The number of rotatable bonds is 4. The van der Waals surface area contributed by atoms with Gasteiger partial charge >= 0.3 is 5.91 Å². The molecule has 0 saturated carbocycles. The maximum Gasteiger partial charge on any atom is 0.308 e. The van der Waals surface area contributed by atoms with E-state index in [0.717, 1.165) is 22.4 Å². The van der Waals surface area contributed by atoms with Gasteiger partial charge in [0.25, 0.3) is 5.91 Å². The van der Waals surface area contributed by atoms with Crippen molar-refractivity contribution in [3.8, 4) is 11.3 Å². The third-order valence-electron chi connectivity index (χ3n) is 3.66. The summed E-state index contributed by atoms with van der Waals surface area (Å²) < 4.78 is 5.05. The molecule has 0 aliphatic rings. The van der Waals surface area contributed by atoms with Crippen molar-refractivity contribution in [2.24, 2.45) is 0 Å². The number of aromatic nitrogens is 1. The lowest BCUT2D eigenvalue weighted by atomic mass is 10.1. The van der Waals surface area contributed by atoms with Gasteiger partial charge in [0, 0.05) is 16.5 Å². The lowest BCUT2D eigenvalue weighted by Crippen LogP contribution is -2.41. The van der Waals surface area contributed by atoms with Crippen LogP contribution >= 0.6 is 11.3 Å². The van der Waals surface area contributed by atoms with E-state index in [1.807, 2.05) is 50.2 Å². The first-order valence-electron chi connectivity index (χ1n) is 7.80. The molecule has 0 spiro atoms. The van der Waals surface area contributed by atoms with Crippen molar-refractivity contribution in [2.75, 3.05) is 0 Å². The minimum Gasteiger partial charge on any atom is -0.350 e. The summed E-state index contributed by atoms with van der Waals surface area (Å²) in [7, 11) is 0. The van der Waals surface area contributed by atoms with Gasteiger partial charge in [-0.25, -0.2) is 0 Å². The minimum atomic E-state index is -0.563. The molecule has 0 saturated heterocycles. The second kappa shape index (κ2) is 7.31. The molecule has 0 aliphatic carbocycles. The van der Waals surface area contributed by atoms with Gasteiger partial charge in [-0.2, -0.15) is 0 Å². The molecule has 0 aliphatic heterocycles. The fraction of sp³-hybridized carbons (Fsp3) is 0.167. The third kappa shape index (κ3) is 3.77. The van der Waals surface area contributed by atoms with E-state index in [-0.39, 0.29) is 11.7 Å². The Balaban J connectivity index is 1.63. The number of aryl methyl sites for hydroxylation is 2. The largest absolute Gasteiger partial charge is 0.350 e. The van der Waals surface area contributed by atoms with E-state index in [1.165, 1.54) is 17.4 Å². The normalized spacial score (nSPS) is 10.5. The van der Waals surface area contributed by atoms with E-state index in [4.69, 9.17) is 4.52 Å². The van der Waals surface area contributed by atoms with Gasteiger partial charge in [-0.05, 0) is 25.0 Å². The number of amides is 2. The summed E-state index contributed by atoms with van der Waals surface area (Å²) in [5.41, 5.74) is 7.21. The smallest absolute Gasteiger partial charge is 0.308 e. The molecule has 128 valence electrons. The first-order chi connectivity index (χ1) is 12.1. The summed E-state index contributed by atoms with van der Waals surface area (Å²) in [6, 6.07) is 12.7. The van der Waals surface area contributed by atoms with Gasteiger partial charge in [-0.3, -0.25) is 20.4 Å². The highest BCUT2D eigenvalue weighted by atomic mass is 32.1. The van der Waals surface area contributed by atoms with Crippen LogP contribution in [0.4, 0.5) is 0 Å². The standard InChI is InChI=1S/C18H17N3O3S/c1-3-15-11(2)9-16(25-15)18(23)20-19-17(22)14-10-13(21-24-14)12-7-5-4-6-8-12/h4-10H,3H2,1-2H3,(H,19,22)(H,20,23). The number of nitrogens with one attached hydrogen (secondary N) is 2. The number of thiophene rings is 1. The Hall–Kier alpha value is -2.93. The second-order valence-corrected chi connectivity index (χ2v) is 6.56. The molecule has 0 bridgehead atoms. The number of benzene rings is 1. The van der Waals surface area contributed by atoms with Crippen LogP contribution < -0.4 is 10.9 Å². The zero-order valence-corrected chi connectivity index (χ0v) is 14.6. The molecule has 25 heavy (non-hydrogen) atoms. The highest BCUT2D eigenvalue weighted by Gasteiger charge is 2.16. The quantitative estimate of drug-likeness (QED) is 0.703. The zero-order chi connectivity index (χ0) is 17.8. The van der Waals surface area contributed by atoms with Gasteiger partial charge in [-0.15, -0.1) is 11.3 Å². The van der Waals surface area contributed by atoms with Crippen LogP contribution in [0.3, 0.4) is 0 Å². The molecule has 6 nitrogen and oxygen atoms in total. The molecule has 1 aromatic carbocycles. The van der Waals surface area contributed by atoms with E-state index in [9.17, 15) is 9.59 Å². The Bertz CT molecular complexity index is 899. The number of carbonyl (C=O) groups is 2. The van der Waals surface area contributed by atoms with Crippen LogP contribution in [0.25, 0.3) is 11.3 Å². The molecular formula is C18H17N3O3S. The van der Waals surface area contributed by atoms with E-state index in [2.05, 4.69) is 16.0 Å². The Labute approximate surface area is 148 Å². The van der Waals surface area contributed by atoms with Crippen molar-refractivity contribution < 1.29 is 14.1 Å². The third-order valence-corrected chi connectivity index (χ3v) is 5.04. The highest BCUT2D eigenvalue weighted by molar-refractivity contribution is 7.14. The lowest BCUT2D eigenvalue weighted by molar-refractivity contribution is 0.0827. The Morgan fingerprint density at radius 2 is 1.84 bits per heavy atom. The van der Waals surface area contributed by atoms with Crippen LogP contribution in [-0.2, 0) is 6.42 Å². The van der Waals surface area contributed by atoms with Crippen LogP contribution in [-0.4, -0.2) is 17.0 Å². The molecule has 2 heterocycles. The summed E-state index contributed by atoms with van der Waals surface area (Å²) in [5, 5.41) is 3.87. The summed E-state index contributed by atoms with van der Waals surface area (Å²) in [6.07, 6.45) is 0.871. The van der Waals surface area contributed by atoms with Crippen molar-refractivity contribution in [3.63, 3.8) is 0 Å². The summed E-state index contributed by atoms with van der Waals surface area (Å²) in [5.74, 6) is -0.897.